The summed E-state index contributed by atoms with van der Waals surface area (Å²) < 4.78 is 8.79. The predicted molar refractivity (Wildman–Crippen MR) is 95.7 cm³/mol. The fourth-order valence-corrected chi connectivity index (χ4v) is 5.46. The summed E-state index contributed by atoms with van der Waals surface area (Å²) in [6.07, 6.45) is 2.51. The number of nitrogens with zero attached hydrogens (tertiary/aromatic N) is 2. The number of ether oxygens (including phenoxy) is 1. The Morgan fingerprint density at radius 1 is 1.30 bits per heavy atom. The molecule has 1 fully saturated rings. The van der Waals surface area contributed by atoms with Crippen molar-refractivity contribution in [2.75, 3.05) is 7.11 Å². The molecule has 2 bridgehead atoms. The maximum atomic E-state index is 5.62. The molecule has 23 heavy (non-hydrogen) atoms. The van der Waals surface area contributed by atoms with Gasteiger partial charge in [0.2, 0.25) is 0 Å². The third kappa shape index (κ3) is 1.68. The van der Waals surface area contributed by atoms with E-state index in [0.717, 1.165) is 15.9 Å². The summed E-state index contributed by atoms with van der Waals surface area (Å²) in [5.74, 6) is 1.47. The Labute approximate surface area is 146 Å². The Balaban J connectivity index is 2.04. The van der Waals surface area contributed by atoms with Gasteiger partial charge in [-0.2, -0.15) is 5.10 Å². The van der Waals surface area contributed by atoms with Crippen LogP contribution >= 0.6 is 15.9 Å². The van der Waals surface area contributed by atoms with Gasteiger partial charge in [0.1, 0.15) is 11.4 Å². The highest BCUT2D eigenvalue weighted by Crippen LogP contribution is 2.68. The van der Waals surface area contributed by atoms with Crippen molar-refractivity contribution in [3.63, 3.8) is 0 Å². The van der Waals surface area contributed by atoms with Gasteiger partial charge in [0.25, 0.3) is 0 Å². The Bertz CT molecular complexity index is 808. The van der Waals surface area contributed by atoms with Crippen LogP contribution in [0.25, 0.3) is 5.69 Å². The van der Waals surface area contributed by atoms with Gasteiger partial charge in [-0.25, -0.2) is 4.68 Å². The fourth-order valence-electron chi connectivity index (χ4n) is 4.94. The largest absolute Gasteiger partial charge is 0.494 e. The summed E-state index contributed by atoms with van der Waals surface area (Å²) in [5, 5.41) is 4.93. The standard InChI is InChI=1S/C19H23BrN2O/c1-11-15-12-9-10-19(4,18(12,2)3)17(15)22(21-11)16-13(20)7-6-8-14(16)23-5/h6-8,12H,9-10H2,1-5H3/t12-,19+/m1/s1. The summed E-state index contributed by atoms with van der Waals surface area (Å²) in [6, 6.07) is 6.06. The molecule has 122 valence electrons. The minimum absolute atomic E-state index is 0.161. The summed E-state index contributed by atoms with van der Waals surface area (Å²) in [5.41, 5.74) is 5.49. The van der Waals surface area contributed by atoms with E-state index in [9.17, 15) is 0 Å². The minimum Gasteiger partial charge on any atom is -0.494 e. The van der Waals surface area contributed by atoms with Crippen LogP contribution in [0.15, 0.2) is 22.7 Å². The van der Waals surface area contributed by atoms with Gasteiger partial charge < -0.3 is 4.74 Å². The Morgan fingerprint density at radius 3 is 2.74 bits per heavy atom. The number of hydrogen-bond donors (Lipinski definition) is 0. The van der Waals surface area contributed by atoms with E-state index in [1.807, 2.05) is 12.1 Å². The number of rotatable bonds is 2. The molecule has 0 N–H and O–H groups in total. The molecule has 0 aliphatic heterocycles. The van der Waals surface area contributed by atoms with Crippen molar-refractivity contribution in [1.29, 1.82) is 0 Å². The maximum Gasteiger partial charge on any atom is 0.145 e. The first-order valence-corrected chi connectivity index (χ1v) is 9.05. The number of methoxy groups -OCH3 is 1. The number of aryl methyl sites for hydroxylation is 1. The topological polar surface area (TPSA) is 27.1 Å². The van der Waals surface area contributed by atoms with E-state index in [-0.39, 0.29) is 10.8 Å². The van der Waals surface area contributed by atoms with Crippen molar-refractivity contribution in [2.24, 2.45) is 5.41 Å². The van der Waals surface area contributed by atoms with E-state index in [2.05, 4.69) is 54.4 Å². The van der Waals surface area contributed by atoms with Crippen molar-refractivity contribution in [3.05, 3.63) is 39.6 Å². The van der Waals surface area contributed by atoms with Gasteiger partial charge >= 0.3 is 0 Å². The highest BCUT2D eigenvalue weighted by Gasteiger charge is 2.62. The van der Waals surface area contributed by atoms with Crippen LogP contribution in [0.4, 0.5) is 0 Å². The van der Waals surface area contributed by atoms with Crippen molar-refractivity contribution >= 4 is 15.9 Å². The van der Waals surface area contributed by atoms with Crippen LogP contribution in [0.3, 0.4) is 0 Å². The molecule has 0 saturated heterocycles. The number of fused-ring (bicyclic) bond motifs is 5. The van der Waals surface area contributed by atoms with Gasteiger partial charge in [-0.3, -0.25) is 0 Å². The molecule has 1 heterocycles. The van der Waals surface area contributed by atoms with E-state index in [4.69, 9.17) is 9.84 Å². The summed E-state index contributed by atoms with van der Waals surface area (Å²) in [7, 11) is 1.72. The second kappa shape index (κ2) is 4.62. The lowest BCUT2D eigenvalue weighted by molar-refractivity contribution is 0.221. The van der Waals surface area contributed by atoms with Gasteiger partial charge in [0.15, 0.2) is 0 Å². The average molecular weight is 375 g/mol. The Kier molecular flexibility index (Phi) is 3.07. The quantitative estimate of drug-likeness (QED) is 0.728. The lowest BCUT2D eigenvalue weighted by Crippen LogP contribution is -2.33. The minimum atomic E-state index is 0.161. The zero-order valence-corrected chi connectivity index (χ0v) is 16.0. The SMILES string of the molecule is COc1cccc(Br)c1-n1nc(C)c2c1[C@]1(C)CC[C@H]2C1(C)C. The average Bonchev–Trinajstić information content (AvgIpc) is 3.01. The van der Waals surface area contributed by atoms with Crippen LogP contribution in [0.2, 0.25) is 0 Å². The van der Waals surface area contributed by atoms with E-state index >= 15 is 0 Å². The monoisotopic (exact) mass is 374 g/mol. The van der Waals surface area contributed by atoms with Gasteiger partial charge in [-0.1, -0.05) is 26.8 Å². The number of aromatic nitrogens is 2. The van der Waals surface area contributed by atoms with Crippen LogP contribution in [-0.2, 0) is 5.41 Å². The highest BCUT2D eigenvalue weighted by atomic mass is 79.9. The second-order valence-electron chi connectivity index (χ2n) is 7.70. The number of benzene rings is 1. The zero-order chi connectivity index (χ0) is 16.6. The van der Waals surface area contributed by atoms with E-state index in [1.165, 1.54) is 29.8 Å². The molecular weight excluding hydrogens is 352 g/mol. The van der Waals surface area contributed by atoms with Crippen molar-refractivity contribution in [2.45, 2.75) is 51.9 Å². The fraction of sp³-hybridized carbons (Fsp3) is 0.526. The van der Waals surface area contributed by atoms with E-state index in [1.54, 1.807) is 7.11 Å². The first-order chi connectivity index (χ1) is 10.8. The van der Waals surface area contributed by atoms with E-state index in [0.29, 0.717) is 5.92 Å². The maximum absolute atomic E-state index is 5.62. The van der Waals surface area contributed by atoms with Crippen LogP contribution in [0.5, 0.6) is 5.75 Å². The van der Waals surface area contributed by atoms with Crippen LogP contribution in [0, 0.1) is 12.3 Å². The summed E-state index contributed by atoms with van der Waals surface area (Å²) >= 11 is 3.70. The molecule has 2 aliphatic rings. The summed E-state index contributed by atoms with van der Waals surface area (Å²) in [6.45, 7) is 9.41. The normalized spacial score (nSPS) is 27.3. The third-order valence-corrected chi connectivity index (χ3v) is 7.23. The third-order valence-electron chi connectivity index (χ3n) is 6.59. The van der Waals surface area contributed by atoms with Crippen LogP contribution < -0.4 is 4.74 Å². The molecule has 4 heteroatoms. The molecular formula is C19H23BrN2O. The molecule has 2 aromatic rings. The molecule has 0 spiro atoms. The molecule has 4 rings (SSSR count). The smallest absolute Gasteiger partial charge is 0.145 e. The molecule has 3 nitrogen and oxygen atoms in total. The Hall–Kier alpha value is -1.29. The lowest BCUT2D eigenvalue weighted by atomic mass is 9.70. The molecule has 2 aliphatic carbocycles. The molecule has 1 aromatic heterocycles. The van der Waals surface area contributed by atoms with E-state index < -0.39 is 0 Å². The van der Waals surface area contributed by atoms with Crippen molar-refractivity contribution < 1.29 is 4.74 Å². The number of halogens is 1. The first kappa shape index (κ1) is 15.3. The molecule has 2 atom stereocenters. The lowest BCUT2D eigenvalue weighted by Gasteiger charge is -2.36. The Morgan fingerprint density at radius 2 is 2.04 bits per heavy atom. The number of hydrogen-bond acceptors (Lipinski definition) is 2. The van der Waals surface area contributed by atoms with Gasteiger partial charge in [0.05, 0.1) is 18.5 Å². The predicted octanol–water partition coefficient (Wildman–Crippen LogP) is 5.13. The second-order valence-corrected chi connectivity index (χ2v) is 8.55. The molecule has 1 aromatic carbocycles. The summed E-state index contributed by atoms with van der Waals surface area (Å²) in [4.78, 5) is 0. The molecule has 0 radical (unpaired) electrons. The van der Waals surface area contributed by atoms with Gasteiger partial charge in [-0.05, 0) is 59.2 Å². The van der Waals surface area contributed by atoms with Crippen molar-refractivity contribution in [3.8, 4) is 11.4 Å². The van der Waals surface area contributed by atoms with Crippen molar-refractivity contribution in [1.82, 2.24) is 9.78 Å². The number of para-hydroxylation sites is 1. The van der Waals surface area contributed by atoms with Crippen LogP contribution in [0.1, 0.15) is 56.5 Å². The molecule has 1 saturated carbocycles. The van der Waals surface area contributed by atoms with Gasteiger partial charge in [0, 0.05) is 15.5 Å². The molecule has 0 unspecified atom stereocenters. The van der Waals surface area contributed by atoms with Gasteiger partial charge in [-0.15, -0.1) is 0 Å². The molecule has 0 amide bonds. The van der Waals surface area contributed by atoms with Crippen LogP contribution in [-0.4, -0.2) is 16.9 Å². The first-order valence-electron chi connectivity index (χ1n) is 8.26. The zero-order valence-electron chi connectivity index (χ0n) is 14.4. The highest BCUT2D eigenvalue weighted by molar-refractivity contribution is 9.10.